The third-order valence-corrected chi connectivity index (χ3v) is 3.41. The average Bonchev–Trinajstić information content (AvgIpc) is 2.90. The molecule has 3 N–H and O–H groups in total. The Labute approximate surface area is 122 Å². The van der Waals surface area contributed by atoms with E-state index in [-0.39, 0.29) is 12.6 Å². The number of H-pyrrole nitrogens is 1. The second-order valence-corrected chi connectivity index (χ2v) is 5.02. The lowest BCUT2D eigenvalue weighted by Crippen LogP contribution is -2.42. The zero-order valence-corrected chi connectivity index (χ0v) is 11.7. The van der Waals surface area contributed by atoms with Crippen LogP contribution in [-0.2, 0) is 13.2 Å². The minimum absolute atomic E-state index is 0.215. The molecule has 0 atom stereocenters. The highest BCUT2D eigenvalue weighted by Gasteiger charge is 2.29. The summed E-state index contributed by atoms with van der Waals surface area (Å²) >= 11 is 0. The number of aromatic nitrogens is 2. The molecule has 0 unspecified atom stereocenters. The van der Waals surface area contributed by atoms with Crippen LogP contribution >= 0.6 is 0 Å². The molecule has 1 aromatic carbocycles. The van der Waals surface area contributed by atoms with Gasteiger partial charge >= 0.3 is 6.03 Å². The quantitative estimate of drug-likeness (QED) is 0.805. The number of imidazole rings is 1. The van der Waals surface area contributed by atoms with Crippen LogP contribution in [0.5, 0.6) is 0 Å². The number of aliphatic hydroxyl groups is 1. The van der Waals surface area contributed by atoms with Crippen LogP contribution < -0.4 is 10.2 Å². The van der Waals surface area contributed by atoms with Crippen molar-refractivity contribution in [2.75, 3.05) is 4.90 Å². The lowest BCUT2D eigenvalue weighted by molar-refractivity contribution is 0.249. The Hall–Kier alpha value is -2.60. The van der Waals surface area contributed by atoms with Crippen molar-refractivity contribution >= 4 is 17.5 Å². The number of amides is 2. The van der Waals surface area contributed by atoms with Crippen LogP contribution in [0.15, 0.2) is 30.8 Å². The number of carbonyl (C=O) groups excluding carboxylic acids is 1. The maximum atomic E-state index is 12.2. The minimum atomic E-state index is -0.274. The number of hydrogen-bond donors (Lipinski definition) is 3. The van der Waals surface area contributed by atoms with E-state index in [1.807, 2.05) is 31.2 Å². The molecule has 6 nitrogen and oxygen atoms in total. The number of benzene rings is 1. The van der Waals surface area contributed by atoms with Gasteiger partial charge in [0.1, 0.15) is 18.1 Å². The Morgan fingerprint density at radius 1 is 1.33 bits per heavy atom. The zero-order valence-electron chi connectivity index (χ0n) is 11.7. The summed E-state index contributed by atoms with van der Waals surface area (Å²) in [6.45, 7) is 6.00. The van der Waals surface area contributed by atoms with E-state index in [2.05, 4.69) is 21.9 Å². The van der Waals surface area contributed by atoms with E-state index < -0.39 is 0 Å². The topological polar surface area (TPSA) is 81.2 Å². The number of urea groups is 1. The molecule has 2 amide bonds. The molecular formula is C15H16N4O2. The molecule has 0 fully saturated rings. The molecule has 2 aromatic rings. The van der Waals surface area contributed by atoms with Gasteiger partial charge in [0.25, 0.3) is 0 Å². The van der Waals surface area contributed by atoms with E-state index in [1.165, 1.54) is 10.5 Å². The van der Waals surface area contributed by atoms with Gasteiger partial charge in [-0.15, -0.1) is 0 Å². The molecule has 0 saturated carbocycles. The second-order valence-electron chi connectivity index (χ2n) is 5.02. The van der Waals surface area contributed by atoms with Gasteiger partial charge in [-0.3, -0.25) is 4.90 Å². The standard InChI is InChI=1S/C15H16N4O2/c1-9-3-5-11(6-4-9)7-19-14-13(10(2)16-15(19)21)17-12(8-20)18-14/h3-6,20H,2,7-8H2,1H3,(H,16,21)(H,17,18). The molecule has 21 heavy (non-hydrogen) atoms. The molecule has 1 aliphatic rings. The maximum Gasteiger partial charge on any atom is 0.327 e. The van der Waals surface area contributed by atoms with Gasteiger partial charge in [0.2, 0.25) is 0 Å². The predicted octanol–water partition coefficient (Wildman–Crippen LogP) is 1.91. The Morgan fingerprint density at radius 3 is 2.71 bits per heavy atom. The predicted molar refractivity (Wildman–Crippen MR) is 79.4 cm³/mol. The normalized spacial score (nSPS) is 14.1. The van der Waals surface area contributed by atoms with Crippen LogP contribution in [0.1, 0.15) is 22.6 Å². The van der Waals surface area contributed by atoms with Crippen molar-refractivity contribution in [3.63, 3.8) is 0 Å². The first kappa shape index (κ1) is 13.4. The number of carbonyl (C=O) groups is 1. The first-order chi connectivity index (χ1) is 10.1. The molecular weight excluding hydrogens is 268 g/mol. The summed E-state index contributed by atoms with van der Waals surface area (Å²) in [6.07, 6.45) is 0. The van der Waals surface area contributed by atoms with Crippen molar-refractivity contribution in [3.05, 3.63) is 53.5 Å². The van der Waals surface area contributed by atoms with Gasteiger partial charge < -0.3 is 15.4 Å². The third-order valence-electron chi connectivity index (χ3n) is 3.41. The summed E-state index contributed by atoms with van der Waals surface area (Å²) in [4.78, 5) is 20.9. The van der Waals surface area contributed by atoms with Crippen LogP contribution in [0.2, 0.25) is 0 Å². The van der Waals surface area contributed by atoms with E-state index in [0.717, 1.165) is 5.56 Å². The fourth-order valence-electron chi connectivity index (χ4n) is 2.27. The van der Waals surface area contributed by atoms with Crippen molar-refractivity contribution in [1.82, 2.24) is 15.3 Å². The summed E-state index contributed by atoms with van der Waals surface area (Å²) in [6, 6.07) is 7.68. The van der Waals surface area contributed by atoms with E-state index in [9.17, 15) is 9.90 Å². The van der Waals surface area contributed by atoms with Crippen LogP contribution in [0.3, 0.4) is 0 Å². The number of rotatable bonds is 3. The number of aliphatic hydroxyl groups excluding tert-OH is 1. The van der Waals surface area contributed by atoms with E-state index in [4.69, 9.17) is 0 Å². The zero-order chi connectivity index (χ0) is 15.0. The summed E-state index contributed by atoms with van der Waals surface area (Å²) in [7, 11) is 0. The maximum absolute atomic E-state index is 12.2. The molecule has 0 radical (unpaired) electrons. The summed E-state index contributed by atoms with van der Waals surface area (Å²) in [5.41, 5.74) is 3.26. The molecule has 1 aliphatic heterocycles. The van der Waals surface area contributed by atoms with Crippen molar-refractivity contribution in [2.24, 2.45) is 0 Å². The van der Waals surface area contributed by atoms with Gasteiger partial charge in [0.05, 0.1) is 12.2 Å². The van der Waals surface area contributed by atoms with Gasteiger partial charge in [-0.05, 0) is 12.5 Å². The smallest absolute Gasteiger partial charge is 0.327 e. The first-order valence-corrected chi connectivity index (χ1v) is 6.61. The number of hydrogen-bond acceptors (Lipinski definition) is 3. The third kappa shape index (κ3) is 2.41. The van der Waals surface area contributed by atoms with Crippen molar-refractivity contribution in [3.8, 4) is 0 Å². The largest absolute Gasteiger partial charge is 0.388 e. The van der Waals surface area contributed by atoms with E-state index >= 15 is 0 Å². The SMILES string of the molecule is C=C1NC(=O)N(Cc2ccc(C)cc2)c2nc(CO)[nH]c21. The fraction of sp³-hybridized carbons (Fsp3) is 0.200. The van der Waals surface area contributed by atoms with Crippen LogP contribution in [0.25, 0.3) is 5.70 Å². The van der Waals surface area contributed by atoms with Crippen LogP contribution in [-0.4, -0.2) is 21.1 Å². The van der Waals surface area contributed by atoms with Gasteiger partial charge in [0, 0.05) is 0 Å². The molecule has 1 aromatic heterocycles. The molecule has 0 saturated heterocycles. The summed E-state index contributed by atoms with van der Waals surface area (Å²) < 4.78 is 0. The molecule has 0 bridgehead atoms. The number of nitrogens with one attached hydrogen (secondary N) is 2. The highest BCUT2D eigenvalue weighted by molar-refractivity contribution is 6.02. The number of anilines is 1. The molecule has 2 heterocycles. The second kappa shape index (κ2) is 5.06. The van der Waals surface area contributed by atoms with Gasteiger partial charge in [-0.2, -0.15) is 0 Å². The molecule has 0 aliphatic carbocycles. The van der Waals surface area contributed by atoms with Gasteiger partial charge in [0.15, 0.2) is 5.82 Å². The number of aromatic amines is 1. The fourth-order valence-corrected chi connectivity index (χ4v) is 2.27. The molecule has 6 heteroatoms. The van der Waals surface area contributed by atoms with E-state index in [1.54, 1.807) is 0 Å². The number of fused-ring (bicyclic) bond motifs is 1. The summed E-state index contributed by atoms with van der Waals surface area (Å²) in [5, 5.41) is 11.9. The van der Waals surface area contributed by atoms with Crippen LogP contribution in [0.4, 0.5) is 10.6 Å². The van der Waals surface area contributed by atoms with Crippen LogP contribution in [0, 0.1) is 6.92 Å². The van der Waals surface area contributed by atoms with Gasteiger partial charge in [-0.1, -0.05) is 36.4 Å². The Kier molecular flexibility index (Phi) is 3.23. The highest BCUT2D eigenvalue weighted by Crippen LogP contribution is 2.28. The van der Waals surface area contributed by atoms with Crippen molar-refractivity contribution in [2.45, 2.75) is 20.1 Å². The van der Waals surface area contributed by atoms with Crippen molar-refractivity contribution < 1.29 is 9.90 Å². The lowest BCUT2D eigenvalue weighted by atomic mass is 10.1. The Bertz CT molecular complexity index is 703. The van der Waals surface area contributed by atoms with Gasteiger partial charge in [-0.25, -0.2) is 9.78 Å². The Morgan fingerprint density at radius 2 is 2.05 bits per heavy atom. The van der Waals surface area contributed by atoms with E-state index in [0.29, 0.717) is 29.6 Å². The lowest BCUT2D eigenvalue weighted by Gasteiger charge is -2.27. The average molecular weight is 284 g/mol. The molecule has 3 rings (SSSR count). The monoisotopic (exact) mass is 284 g/mol. The summed E-state index contributed by atoms with van der Waals surface area (Å²) in [5.74, 6) is 0.903. The van der Waals surface area contributed by atoms with Crippen molar-refractivity contribution in [1.29, 1.82) is 0 Å². The Balaban J connectivity index is 1.96. The highest BCUT2D eigenvalue weighted by atomic mass is 16.3. The first-order valence-electron chi connectivity index (χ1n) is 6.61. The number of nitrogens with zero attached hydrogens (tertiary/aromatic N) is 2. The molecule has 0 spiro atoms. The minimum Gasteiger partial charge on any atom is -0.388 e. The molecule has 108 valence electrons. The number of aryl methyl sites for hydroxylation is 1.